The fraction of sp³-hybridized carbons (Fsp3) is 0.889. The van der Waals surface area contributed by atoms with Crippen LogP contribution in [0.1, 0.15) is 32.6 Å². The van der Waals surface area contributed by atoms with Crippen LogP contribution in [0.3, 0.4) is 0 Å². The summed E-state index contributed by atoms with van der Waals surface area (Å²) in [7, 11) is 0. The van der Waals surface area contributed by atoms with E-state index in [-0.39, 0.29) is 64.1 Å². The van der Waals surface area contributed by atoms with E-state index in [4.69, 9.17) is 11.5 Å². The molecule has 4 N–H and O–H groups in total. The quantitative estimate of drug-likeness (QED) is 0.529. The van der Waals surface area contributed by atoms with Crippen molar-refractivity contribution in [3.63, 3.8) is 0 Å². The van der Waals surface area contributed by atoms with Gasteiger partial charge in [0.2, 0.25) is 5.91 Å². The predicted molar refractivity (Wildman–Crippen MR) is 54.3 cm³/mol. The number of unbranched alkanes of at least 4 members (excludes halogenated alkanes) is 1. The first-order valence-electron chi connectivity index (χ1n) is 4.90. The van der Waals surface area contributed by atoms with Gasteiger partial charge in [-0.15, -0.1) is 0 Å². The van der Waals surface area contributed by atoms with E-state index in [2.05, 4.69) is 12.2 Å². The second kappa shape index (κ2) is 12.3. The molecular formula is C9H20N3ORb. The summed E-state index contributed by atoms with van der Waals surface area (Å²) in [5.41, 5.74) is 12.5. The summed E-state index contributed by atoms with van der Waals surface area (Å²) in [6, 6.07) is -0.429. The molecule has 0 spiro atoms. The summed E-state index contributed by atoms with van der Waals surface area (Å²) in [5.74, 6) is -0.0816. The number of hydrogen-bond acceptors (Lipinski definition) is 2. The zero-order chi connectivity index (χ0) is 10.1. The topological polar surface area (TPSA) is 78.9 Å². The summed E-state index contributed by atoms with van der Waals surface area (Å²) >= 11 is 0. The van der Waals surface area contributed by atoms with E-state index < -0.39 is 6.04 Å². The summed E-state index contributed by atoms with van der Waals surface area (Å²) < 4.78 is 0. The maximum absolute atomic E-state index is 11.2. The summed E-state index contributed by atoms with van der Waals surface area (Å²) in [4.78, 5) is 11.2. The first-order chi connectivity index (χ1) is 6.22. The minimum Gasteiger partial charge on any atom is -0.677 e. The third-order valence-electron chi connectivity index (χ3n) is 1.86. The summed E-state index contributed by atoms with van der Waals surface area (Å²) in [5, 5.41) is 2.77. The molecule has 0 aliphatic rings. The fourth-order valence-electron chi connectivity index (χ4n) is 0.973. The monoisotopic (exact) mass is 271 g/mol. The van der Waals surface area contributed by atoms with Crippen molar-refractivity contribution in [2.24, 2.45) is 5.73 Å². The molecule has 5 heteroatoms. The number of rotatable bonds is 7. The van der Waals surface area contributed by atoms with E-state index in [9.17, 15) is 4.79 Å². The van der Waals surface area contributed by atoms with Gasteiger partial charge in [0.05, 0.1) is 6.04 Å². The van der Waals surface area contributed by atoms with E-state index in [1.165, 1.54) is 0 Å². The van der Waals surface area contributed by atoms with Crippen LogP contribution >= 0.6 is 0 Å². The molecule has 0 heterocycles. The number of nitrogens with one attached hydrogen (secondary N) is 2. The molecule has 0 bridgehead atoms. The number of nitrogens with two attached hydrogens (primary N) is 1. The van der Waals surface area contributed by atoms with Crippen molar-refractivity contribution >= 4 is 5.91 Å². The van der Waals surface area contributed by atoms with Crippen LogP contribution in [0.25, 0.3) is 5.73 Å². The zero-order valence-corrected chi connectivity index (χ0v) is 14.2. The Morgan fingerprint density at radius 3 is 2.64 bits per heavy atom. The molecule has 0 rings (SSSR count). The Bertz CT molecular complexity index is 144. The van der Waals surface area contributed by atoms with Crippen molar-refractivity contribution in [1.29, 1.82) is 0 Å². The molecule has 4 nitrogen and oxygen atoms in total. The molecule has 1 amide bonds. The Hall–Kier alpha value is 1.20. The number of amides is 1. The number of carbonyl (C=O) groups is 1. The van der Waals surface area contributed by atoms with Gasteiger partial charge in [-0.1, -0.05) is 19.8 Å². The van der Waals surface area contributed by atoms with Gasteiger partial charge in [0.15, 0.2) is 0 Å². The van der Waals surface area contributed by atoms with Gasteiger partial charge in [-0.3, -0.25) is 4.79 Å². The van der Waals surface area contributed by atoms with Crippen LogP contribution in [-0.4, -0.2) is 25.0 Å². The van der Waals surface area contributed by atoms with Crippen molar-refractivity contribution in [3.8, 4) is 0 Å². The largest absolute Gasteiger partial charge is 1.00 e. The molecule has 0 radical (unpaired) electrons. The van der Waals surface area contributed by atoms with Crippen molar-refractivity contribution in [3.05, 3.63) is 5.73 Å². The van der Waals surface area contributed by atoms with Crippen LogP contribution in [-0.2, 0) is 4.79 Å². The molecule has 0 aromatic carbocycles. The SMILES string of the molecule is CCCCNC(=O)[C@@H](N)CCC[NH-].[Rb+]. The Morgan fingerprint density at radius 1 is 1.50 bits per heavy atom. The third-order valence-corrected chi connectivity index (χ3v) is 1.86. The van der Waals surface area contributed by atoms with Gasteiger partial charge in [-0.2, -0.15) is 6.54 Å². The molecule has 0 fully saturated rings. The van der Waals surface area contributed by atoms with E-state index in [0.717, 1.165) is 12.8 Å². The van der Waals surface area contributed by atoms with Gasteiger partial charge >= 0.3 is 58.2 Å². The average Bonchev–Trinajstić information content (AvgIpc) is 2.14. The van der Waals surface area contributed by atoms with Crippen LogP contribution in [0.4, 0.5) is 0 Å². The van der Waals surface area contributed by atoms with Gasteiger partial charge in [0.1, 0.15) is 0 Å². The molecule has 0 unspecified atom stereocenters. The number of hydrogen-bond donors (Lipinski definition) is 2. The molecule has 0 saturated heterocycles. The second-order valence-corrected chi connectivity index (χ2v) is 3.14. The minimum atomic E-state index is -0.429. The first-order valence-corrected chi connectivity index (χ1v) is 4.90. The first kappa shape index (κ1) is 17.6. The van der Waals surface area contributed by atoms with Gasteiger partial charge in [0, 0.05) is 6.54 Å². The normalized spacial score (nSPS) is 11.6. The van der Waals surface area contributed by atoms with Crippen LogP contribution in [0, 0.1) is 0 Å². The average molecular weight is 272 g/mol. The van der Waals surface area contributed by atoms with E-state index in [0.29, 0.717) is 25.9 Å². The second-order valence-electron chi connectivity index (χ2n) is 3.14. The minimum absolute atomic E-state index is 0. The molecule has 78 valence electrons. The van der Waals surface area contributed by atoms with Gasteiger partial charge in [-0.05, 0) is 12.8 Å². The summed E-state index contributed by atoms with van der Waals surface area (Å²) in [6.45, 7) is 3.13. The Labute approximate surface area is 135 Å². The molecule has 0 aliphatic carbocycles. The molecule has 0 aromatic heterocycles. The predicted octanol–water partition coefficient (Wildman–Crippen LogP) is -1.93. The molecule has 0 aromatic rings. The van der Waals surface area contributed by atoms with Crippen LogP contribution in [0.5, 0.6) is 0 Å². The smallest absolute Gasteiger partial charge is 0.677 e. The molecule has 14 heavy (non-hydrogen) atoms. The van der Waals surface area contributed by atoms with Gasteiger partial charge in [0.25, 0.3) is 0 Å². The Morgan fingerprint density at radius 2 is 2.14 bits per heavy atom. The van der Waals surface area contributed by atoms with Crippen molar-refractivity contribution < 1.29 is 63.0 Å². The Kier molecular flexibility index (Phi) is 15.4. The maximum Gasteiger partial charge on any atom is 1.00 e. The molecular weight excluding hydrogens is 252 g/mol. The van der Waals surface area contributed by atoms with Crippen LogP contribution in [0.15, 0.2) is 0 Å². The zero-order valence-electron chi connectivity index (χ0n) is 9.31. The van der Waals surface area contributed by atoms with Gasteiger partial charge in [-0.25, -0.2) is 0 Å². The summed E-state index contributed by atoms with van der Waals surface area (Å²) in [6.07, 6.45) is 3.38. The molecule has 1 atom stereocenters. The van der Waals surface area contributed by atoms with Crippen molar-refractivity contribution in [2.75, 3.05) is 13.1 Å². The fourth-order valence-corrected chi connectivity index (χ4v) is 0.973. The molecule has 0 aliphatic heterocycles. The standard InChI is InChI=1S/C9H20N3O.Rb/c1-2-3-7-12-9(13)8(11)5-4-6-10;/h8,10H,2-7,11H2,1H3,(H,12,13);/q-1;+1/t8-;/m0./s1. The van der Waals surface area contributed by atoms with E-state index in [1.54, 1.807) is 0 Å². The molecule has 0 saturated carbocycles. The van der Waals surface area contributed by atoms with Gasteiger partial charge < -0.3 is 16.8 Å². The Balaban J connectivity index is 0. The van der Waals surface area contributed by atoms with Crippen molar-refractivity contribution in [2.45, 2.75) is 38.6 Å². The van der Waals surface area contributed by atoms with E-state index in [1.807, 2.05) is 0 Å². The third kappa shape index (κ3) is 9.74. The van der Waals surface area contributed by atoms with E-state index >= 15 is 0 Å². The van der Waals surface area contributed by atoms with Crippen molar-refractivity contribution in [1.82, 2.24) is 5.32 Å². The number of carbonyl (C=O) groups excluding carboxylic acids is 1. The maximum atomic E-state index is 11.2. The van der Waals surface area contributed by atoms with Crippen LogP contribution < -0.4 is 69.2 Å². The van der Waals surface area contributed by atoms with Crippen LogP contribution in [0.2, 0.25) is 0 Å².